The zero-order chi connectivity index (χ0) is 21.8. The van der Waals surface area contributed by atoms with Crippen molar-refractivity contribution in [1.82, 2.24) is 10.0 Å². The zero-order valence-corrected chi connectivity index (χ0v) is 17.5. The second kappa shape index (κ2) is 9.13. The van der Waals surface area contributed by atoms with Gasteiger partial charge in [-0.15, -0.1) is 0 Å². The van der Waals surface area contributed by atoms with Gasteiger partial charge in [-0.1, -0.05) is 6.07 Å². The Morgan fingerprint density at radius 3 is 2.58 bits per heavy atom. The molecule has 0 aromatic heterocycles. The molecule has 0 atom stereocenters. The quantitative estimate of drug-likeness (QED) is 0.625. The van der Waals surface area contributed by atoms with Crippen molar-refractivity contribution in [3.63, 3.8) is 0 Å². The molecule has 2 amide bonds. The molecule has 0 radical (unpaired) electrons. The minimum absolute atomic E-state index is 0.0674. The van der Waals surface area contributed by atoms with E-state index in [2.05, 4.69) is 0 Å². The number of rotatable bonds is 7. The molecule has 0 spiro atoms. The summed E-state index contributed by atoms with van der Waals surface area (Å²) in [6.07, 6.45) is 0.873. The van der Waals surface area contributed by atoms with Crippen molar-refractivity contribution in [3.8, 4) is 23.0 Å². The van der Waals surface area contributed by atoms with Crippen LogP contribution >= 0.6 is 0 Å². The first-order valence-electron chi connectivity index (χ1n) is 9.91. The van der Waals surface area contributed by atoms with Gasteiger partial charge in [0.1, 0.15) is 0 Å². The third kappa shape index (κ3) is 4.36. The van der Waals surface area contributed by atoms with E-state index < -0.39 is 0 Å². The molecule has 164 valence electrons. The van der Waals surface area contributed by atoms with Crippen LogP contribution in [0.3, 0.4) is 0 Å². The number of hydrazine groups is 1. The van der Waals surface area contributed by atoms with E-state index in [1.807, 2.05) is 6.07 Å². The summed E-state index contributed by atoms with van der Waals surface area (Å²) in [6, 6.07) is 10.3. The Balaban J connectivity index is 1.47. The van der Waals surface area contributed by atoms with Crippen molar-refractivity contribution in [2.75, 3.05) is 40.9 Å². The topological polar surface area (TPSA) is 86.8 Å². The van der Waals surface area contributed by atoms with E-state index in [1.54, 1.807) is 30.3 Å². The van der Waals surface area contributed by atoms with Crippen molar-refractivity contribution in [3.05, 3.63) is 47.5 Å². The Bertz CT molecular complexity index is 978. The van der Waals surface area contributed by atoms with Gasteiger partial charge in [0.05, 0.1) is 13.5 Å². The molecule has 9 heteroatoms. The van der Waals surface area contributed by atoms with Crippen LogP contribution in [0, 0.1) is 0 Å². The average molecular weight is 428 g/mol. The van der Waals surface area contributed by atoms with E-state index in [0.29, 0.717) is 48.1 Å². The van der Waals surface area contributed by atoms with Gasteiger partial charge in [0.15, 0.2) is 29.8 Å². The maximum atomic E-state index is 13.1. The smallest absolute Gasteiger partial charge is 0.272 e. The monoisotopic (exact) mass is 428 g/mol. The highest BCUT2D eigenvalue weighted by Gasteiger charge is 2.32. The molecule has 0 aliphatic carbocycles. The van der Waals surface area contributed by atoms with Gasteiger partial charge < -0.3 is 23.7 Å². The number of nitrogens with zero attached hydrogens (tertiary/aromatic N) is 2. The molecule has 0 saturated carbocycles. The largest absolute Gasteiger partial charge is 0.493 e. The summed E-state index contributed by atoms with van der Waals surface area (Å²) in [5.74, 6) is 1.76. The first-order chi connectivity index (χ1) is 15.1. The lowest BCUT2D eigenvalue weighted by Gasteiger charge is -2.28. The Hall–Kier alpha value is -3.46. The van der Waals surface area contributed by atoms with Gasteiger partial charge in [-0.3, -0.25) is 14.6 Å². The molecule has 2 aromatic carbocycles. The highest BCUT2D eigenvalue weighted by Crippen LogP contribution is 2.33. The number of carbonyl (C=O) groups is 2. The molecule has 2 aliphatic heterocycles. The normalized spacial score (nSPS) is 14.6. The van der Waals surface area contributed by atoms with E-state index in [9.17, 15) is 9.59 Å². The molecule has 2 aliphatic rings. The van der Waals surface area contributed by atoms with Gasteiger partial charge in [0.25, 0.3) is 5.91 Å². The number of hydrogen-bond acceptors (Lipinski definition) is 7. The molecule has 2 aromatic rings. The molecule has 31 heavy (non-hydrogen) atoms. The number of amides is 2. The van der Waals surface area contributed by atoms with Gasteiger partial charge in [-0.25, -0.2) is 5.01 Å². The molecule has 4 rings (SSSR count). The van der Waals surface area contributed by atoms with Gasteiger partial charge in [-0.05, 0) is 42.3 Å². The van der Waals surface area contributed by atoms with Crippen LogP contribution in [0.5, 0.6) is 23.0 Å². The van der Waals surface area contributed by atoms with E-state index in [-0.39, 0.29) is 31.8 Å². The summed E-state index contributed by atoms with van der Waals surface area (Å²) in [5.41, 5.74) is 1.21. The van der Waals surface area contributed by atoms with Gasteiger partial charge in [-0.2, -0.15) is 0 Å². The molecule has 0 N–H and O–H groups in total. The highest BCUT2D eigenvalue weighted by molar-refractivity contribution is 5.96. The fourth-order valence-corrected chi connectivity index (χ4v) is 3.59. The number of carbonyl (C=O) groups excluding carboxylic acids is 2. The van der Waals surface area contributed by atoms with E-state index >= 15 is 0 Å². The lowest BCUT2D eigenvalue weighted by Crippen LogP contribution is -2.45. The van der Waals surface area contributed by atoms with Crippen molar-refractivity contribution >= 4 is 11.8 Å². The molecule has 0 unspecified atom stereocenters. The van der Waals surface area contributed by atoms with Crippen LogP contribution in [-0.2, 0) is 16.0 Å². The predicted octanol–water partition coefficient (Wildman–Crippen LogP) is 2.24. The number of fused-ring (bicyclic) bond motifs is 1. The number of ether oxygens (including phenoxy) is 5. The number of hydrogen-bond donors (Lipinski definition) is 0. The first-order valence-corrected chi connectivity index (χ1v) is 9.91. The summed E-state index contributed by atoms with van der Waals surface area (Å²) >= 11 is 0. The van der Waals surface area contributed by atoms with Gasteiger partial charge in [0.2, 0.25) is 12.7 Å². The summed E-state index contributed by atoms with van der Waals surface area (Å²) < 4.78 is 26.4. The third-order valence-corrected chi connectivity index (χ3v) is 5.09. The Morgan fingerprint density at radius 1 is 0.968 bits per heavy atom. The Labute approximate surface area is 180 Å². The first kappa shape index (κ1) is 20.8. The highest BCUT2D eigenvalue weighted by atomic mass is 16.7. The van der Waals surface area contributed by atoms with Crippen molar-refractivity contribution in [2.45, 2.75) is 12.8 Å². The summed E-state index contributed by atoms with van der Waals surface area (Å²) in [5, 5.41) is 2.99. The summed E-state index contributed by atoms with van der Waals surface area (Å²) in [4.78, 5) is 26.1. The standard InChI is InChI=1S/C22H24N2O7/c1-27-13-29-17-7-5-16(12-19(17)28-2)22(26)24-9-3-8-23(24)21(25)11-15-4-6-18-20(10-15)31-14-30-18/h4-7,10,12H,3,8-9,11,13-14H2,1-2H3. The van der Waals surface area contributed by atoms with Crippen LogP contribution in [-0.4, -0.2) is 62.7 Å². The molecule has 1 fully saturated rings. The molecule has 2 heterocycles. The zero-order valence-electron chi connectivity index (χ0n) is 17.5. The van der Waals surface area contributed by atoms with Gasteiger partial charge >= 0.3 is 0 Å². The molecular weight excluding hydrogens is 404 g/mol. The lowest BCUT2D eigenvalue weighted by molar-refractivity contribution is -0.139. The van der Waals surface area contributed by atoms with E-state index in [4.69, 9.17) is 23.7 Å². The van der Waals surface area contributed by atoms with Gasteiger partial charge in [0, 0.05) is 25.8 Å². The van der Waals surface area contributed by atoms with Crippen molar-refractivity contribution in [2.24, 2.45) is 0 Å². The van der Waals surface area contributed by atoms with Crippen LogP contribution in [0.15, 0.2) is 36.4 Å². The van der Waals surface area contributed by atoms with Crippen LogP contribution in [0.4, 0.5) is 0 Å². The van der Waals surface area contributed by atoms with E-state index in [1.165, 1.54) is 24.2 Å². The lowest BCUT2D eigenvalue weighted by atomic mass is 10.1. The maximum Gasteiger partial charge on any atom is 0.272 e. The maximum absolute atomic E-state index is 13.1. The van der Waals surface area contributed by atoms with Crippen molar-refractivity contribution in [1.29, 1.82) is 0 Å². The predicted molar refractivity (Wildman–Crippen MR) is 109 cm³/mol. The van der Waals surface area contributed by atoms with Crippen LogP contribution in [0.25, 0.3) is 0 Å². The minimum Gasteiger partial charge on any atom is -0.493 e. The Morgan fingerprint density at radius 2 is 1.77 bits per heavy atom. The fourth-order valence-electron chi connectivity index (χ4n) is 3.59. The number of benzene rings is 2. The Kier molecular flexibility index (Phi) is 6.13. The van der Waals surface area contributed by atoms with Crippen LogP contribution in [0.1, 0.15) is 22.3 Å². The van der Waals surface area contributed by atoms with Crippen LogP contribution in [0.2, 0.25) is 0 Å². The SMILES string of the molecule is COCOc1ccc(C(=O)N2CCCN2C(=O)Cc2ccc3c(c2)OCO3)cc1OC. The minimum atomic E-state index is -0.270. The molecule has 9 nitrogen and oxygen atoms in total. The summed E-state index contributed by atoms with van der Waals surface area (Å²) in [7, 11) is 3.02. The van der Waals surface area contributed by atoms with E-state index in [0.717, 1.165) is 5.56 Å². The summed E-state index contributed by atoms with van der Waals surface area (Å²) in [6.45, 7) is 1.20. The molecular formula is C22H24N2O7. The second-order valence-electron chi connectivity index (χ2n) is 7.08. The fraction of sp³-hybridized carbons (Fsp3) is 0.364. The number of methoxy groups -OCH3 is 2. The second-order valence-corrected chi connectivity index (χ2v) is 7.08. The molecule has 0 bridgehead atoms. The van der Waals surface area contributed by atoms with Crippen molar-refractivity contribution < 1.29 is 33.3 Å². The molecule has 1 saturated heterocycles. The van der Waals surface area contributed by atoms with Crippen LogP contribution < -0.4 is 18.9 Å². The average Bonchev–Trinajstić information content (AvgIpc) is 3.46. The third-order valence-electron chi connectivity index (χ3n) is 5.09.